The Balaban J connectivity index is 2.84. The van der Waals surface area contributed by atoms with Gasteiger partial charge in [0.2, 0.25) is 0 Å². The van der Waals surface area contributed by atoms with E-state index in [1.165, 1.54) is 0 Å². The molecule has 0 aliphatic carbocycles. The Hall–Kier alpha value is -1.79. The average molecular weight is 368 g/mol. The highest BCUT2D eigenvalue weighted by molar-refractivity contribution is 5.81. The predicted molar refractivity (Wildman–Crippen MR) is 101 cm³/mol. The van der Waals surface area contributed by atoms with Crippen molar-refractivity contribution in [3.63, 3.8) is 0 Å². The van der Waals surface area contributed by atoms with Gasteiger partial charge in [0.15, 0.2) is 5.54 Å². The van der Waals surface area contributed by atoms with Gasteiger partial charge in [-0.3, -0.25) is 0 Å². The first-order chi connectivity index (χ1) is 12.4. The summed E-state index contributed by atoms with van der Waals surface area (Å²) in [5, 5.41) is 0. The molecule has 4 N–H and O–H groups in total. The van der Waals surface area contributed by atoms with Crippen molar-refractivity contribution in [3.8, 4) is 0 Å². The highest BCUT2D eigenvalue weighted by Gasteiger charge is 2.45. The summed E-state index contributed by atoms with van der Waals surface area (Å²) in [5.74, 6) is -1.07. The zero-order chi connectivity index (χ0) is 19.4. The first-order valence-electron chi connectivity index (χ1n) is 9.15. The Kier molecular flexibility index (Phi) is 10.1. The van der Waals surface area contributed by atoms with Crippen LogP contribution in [0.1, 0.15) is 51.0 Å². The van der Waals surface area contributed by atoms with Crippen molar-refractivity contribution < 1.29 is 18.3 Å². The normalized spacial score (nSPS) is 15.2. The summed E-state index contributed by atoms with van der Waals surface area (Å²) in [6, 6.07) is 9.52. The summed E-state index contributed by atoms with van der Waals surface area (Å²) < 4.78 is 32.1. The molecule has 0 fully saturated rings. The number of hydrogen-bond donors (Lipinski definition) is 2. The quantitative estimate of drug-likeness (QED) is 0.433. The monoisotopic (exact) mass is 368 g/mol. The predicted octanol–water partition coefficient (Wildman–Crippen LogP) is 3.89. The Labute approximate surface area is 154 Å². The van der Waals surface area contributed by atoms with Crippen LogP contribution in [0.2, 0.25) is 0 Å². The molecule has 0 amide bonds. The van der Waals surface area contributed by atoms with E-state index in [2.05, 4.69) is 6.92 Å². The van der Waals surface area contributed by atoms with Gasteiger partial charge >= 0.3 is 5.97 Å². The van der Waals surface area contributed by atoms with Crippen LogP contribution in [-0.4, -0.2) is 30.6 Å². The van der Waals surface area contributed by atoms with Gasteiger partial charge in [-0.2, -0.15) is 0 Å². The van der Waals surface area contributed by atoms with Gasteiger partial charge in [0.05, 0.1) is 0 Å². The van der Waals surface area contributed by atoms with Crippen molar-refractivity contribution in [1.29, 1.82) is 0 Å². The Bertz CT molecular complexity index is 552. The molecule has 0 saturated carbocycles. The molecule has 0 saturated heterocycles. The molecule has 4 nitrogen and oxygen atoms in total. The molecule has 0 heterocycles. The van der Waals surface area contributed by atoms with E-state index in [0.717, 1.165) is 24.8 Å². The topological polar surface area (TPSA) is 78.3 Å². The van der Waals surface area contributed by atoms with E-state index in [0.29, 0.717) is 6.42 Å². The van der Waals surface area contributed by atoms with Crippen LogP contribution in [-0.2, 0) is 9.53 Å². The number of nitrogens with two attached hydrogens (primary N) is 2. The highest BCUT2D eigenvalue weighted by atomic mass is 19.3. The minimum atomic E-state index is -3.00. The number of carbonyl (C=O) groups is 1. The second kappa shape index (κ2) is 11.8. The lowest BCUT2D eigenvalue weighted by atomic mass is 9.95. The van der Waals surface area contributed by atoms with Crippen LogP contribution in [0, 0.1) is 0 Å². The maximum absolute atomic E-state index is 13.4. The fourth-order valence-corrected chi connectivity index (χ4v) is 2.51. The van der Waals surface area contributed by atoms with E-state index < -0.39 is 24.0 Å². The van der Waals surface area contributed by atoms with Crippen LogP contribution >= 0.6 is 0 Å². The van der Waals surface area contributed by atoms with Gasteiger partial charge < -0.3 is 16.2 Å². The van der Waals surface area contributed by atoms with E-state index in [1.54, 1.807) is 6.08 Å². The molecular formula is C20H30F2N2O2. The molecule has 0 aromatic heterocycles. The molecule has 2 atom stereocenters. The second-order valence-electron chi connectivity index (χ2n) is 6.44. The lowest BCUT2D eigenvalue weighted by molar-refractivity contribution is -0.160. The fraction of sp³-hybridized carbons (Fsp3) is 0.550. The molecule has 6 heteroatoms. The standard InChI is InChI=1S/C20H30F2N2O2/c1-2-3-5-11-17(13-12-16-9-6-4-7-10-16)26-19(25)20(24,18(21)22)14-8-15-23/h4,6-7,9-10,12-13,17-18H,2-3,5,8,11,14-15,23-24H2,1H3/b13-12+. The maximum Gasteiger partial charge on any atom is 0.332 e. The first kappa shape index (κ1) is 22.3. The van der Waals surface area contributed by atoms with Gasteiger partial charge in [0, 0.05) is 0 Å². The molecule has 1 aromatic carbocycles. The van der Waals surface area contributed by atoms with Crippen molar-refractivity contribution in [2.24, 2.45) is 11.5 Å². The van der Waals surface area contributed by atoms with Crippen molar-refractivity contribution in [2.75, 3.05) is 6.54 Å². The van der Waals surface area contributed by atoms with Crippen LogP contribution in [0.4, 0.5) is 8.78 Å². The number of benzene rings is 1. The Morgan fingerprint density at radius 2 is 1.92 bits per heavy atom. The van der Waals surface area contributed by atoms with Gasteiger partial charge in [-0.15, -0.1) is 0 Å². The number of esters is 1. The van der Waals surface area contributed by atoms with Gasteiger partial charge in [0.1, 0.15) is 6.10 Å². The largest absolute Gasteiger partial charge is 0.457 e. The van der Waals surface area contributed by atoms with Crippen molar-refractivity contribution in [3.05, 3.63) is 42.0 Å². The molecule has 0 aliphatic rings. The first-order valence-corrected chi connectivity index (χ1v) is 9.15. The Morgan fingerprint density at radius 3 is 2.50 bits per heavy atom. The Morgan fingerprint density at radius 1 is 1.23 bits per heavy atom. The fourth-order valence-electron chi connectivity index (χ4n) is 2.51. The molecule has 1 aromatic rings. The lowest BCUT2D eigenvalue weighted by Gasteiger charge is -2.28. The van der Waals surface area contributed by atoms with Gasteiger partial charge in [-0.05, 0) is 43.9 Å². The third-order valence-electron chi connectivity index (χ3n) is 4.22. The van der Waals surface area contributed by atoms with Gasteiger partial charge in [-0.1, -0.05) is 56.2 Å². The van der Waals surface area contributed by atoms with Crippen LogP contribution in [0.5, 0.6) is 0 Å². The molecule has 0 spiro atoms. The summed E-state index contributed by atoms with van der Waals surface area (Å²) in [6.07, 6.45) is 3.38. The molecule has 2 unspecified atom stereocenters. The molecule has 0 aliphatic heterocycles. The number of rotatable bonds is 12. The van der Waals surface area contributed by atoms with E-state index in [1.807, 2.05) is 36.4 Å². The summed E-state index contributed by atoms with van der Waals surface area (Å²) in [5.41, 5.74) is 9.67. The van der Waals surface area contributed by atoms with Crippen molar-refractivity contribution in [1.82, 2.24) is 0 Å². The van der Waals surface area contributed by atoms with E-state index in [9.17, 15) is 13.6 Å². The number of unbranched alkanes of at least 4 members (excludes halogenated alkanes) is 2. The summed E-state index contributed by atoms with van der Waals surface area (Å²) in [6.45, 7) is 2.25. The number of carbonyl (C=O) groups excluding carboxylic acids is 1. The number of ether oxygens (including phenoxy) is 1. The lowest BCUT2D eigenvalue weighted by Crippen LogP contribution is -2.56. The zero-order valence-electron chi connectivity index (χ0n) is 15.4. The average Bonchev–Trinajstić information content (AvgIpc) is 2.64. The van der Waals surface area contributed by atoms with Crippen molar-refractivity contribution >= 4 is 12.0 Å². The molecule has 0 bridgehead atoms. The minimum absolute atomic E-state index is 0.187. The smallest absolute Gasteiger partial charge is 0.332 e. The van der Waals surface area contributed by atoms with Crippen molar-refractivity contribution in [2.45, 2.75) is 63.5 Å². The van der Waals surface area contributed by atoms with E-state index in [-0.39, 0.29) is 19.4 Å². The summed E-state index contributed by atoms with van der Waals surface area (Å²) in [4.78, 5) is 12.4. The summed E-state index contributed by atoms with van der Waals surface area (Å²) in [7, 11) is 0. The molecule has 1 rings (SSSR count). The van der Waals surface area contributed by atoms with E-state index in [4.69, 9.17) is 16.2 Å². The second-order valence-corrected chi connectivity index (χ2v) is 6.44. The molecule has 26 heavy (non-hydrogen) atoms. The number of alkyl halides is 2. The van der Waals surface area contributed by atoms with Gasteiger partial charge in [-0.25, -0.2) is 13.6 Å². The van der Waals surface area contributed by atoms with Crippen LogP contribution in [0.15, 0.2) is 36.4 Å². The summed E-state index contributed by atoms with van der Waals surface area (Å²) >= 11 is 0. The third-order valence-corrected chi connectivity index (χ3v) is 4.22. The highest BCUT2D eigenvalue weighted by Crippen LogP contribution is 2.23. The molecule has 146 valence electrons. The number of halogens is 2. The maximum atomic E-state index is 13.4. The minimum Gasteiger partial charge on any atom is -0.457 e. The number of hydrogen-bond acceptors (Lipinski definition) is 4. The SMILES string of the molecule is CCCCCC(/C=C/c1ccccc1)OC(=O)C(N)(CCCN)C(F)F. The van der Waals surface area contributed by atoms with Gasteiger partial charge in [0.25, 0.3) is 6.43 Å². The van der Waals surface area contributed by atoms with E-state index >= 15 is 0 Å². The molecule has 0 radical (unpaired) electrons. The van der Waals surface area contributed by atoms with Crippen LogP contribution in [0.25, 0.3) is 6.08 Å². The van der Waals surface area contributed by atoms with Crippen LogP contribution < -0.4 is 11.5 Å². The van der Waals surface area contributed by atoms with Crippen LogP contribution in [0.3, 0.4) is 0 Å². The molecular weight excluding hydrogens is 338 g/mol. The third kappa shape index (κ3) is 7.22. The zero-order valence-corrected chi connectivity index (χ0v) is 15.4.